The van der Waals surface area contributed by atoms with Gasteiger partial charge in [-0.05, 0) is 174 Å². The number of anilines is 6. The molecule has 0 radical (unpaired) electrons. The molecule has 0 spiro atoms. The van der Waals surface area contributed by atoms with Gasteiger partial charge in [0.05, 0.1) is 0 Å². The van der Waals surface area contributed by atoms with E-state index in [9.17, 15) is 0 Å². The number of hydrogen-bond donors (Lipinski definition) is 0. The zero-order valence-electron chi connectivity index (χ0n) is 31.9. The monoisotopic (exact) mass is 784 g/mol. The Bertz CT molecular complexity index is 3160. The van der Waals surface area contributed by atoms with Crippen LogP contribution >= 0.6 is 0 Å². The van der Waals surface area contributed by atoms with Gasteiger partial charge in [-0.2, -0.15) is 0 Å². The quantitative estimate of drug-likeness (QED) is 0.0941. The van der Waals surface area contributed by atoms with E-state index in [-0.39, 0.29) is 0 Å². The van der Waals surface area contributed by atoms with E-state index in [0.717, 1.165) is 66.4 Å². The van der Waals surface area contributed by atoms with Crippen LogP contribution in [0, 0.1) is 23.3 Å². The summed E-state index contributed by atoms with van der Waals surface area (Å²) in [7, 11) is 0. The molecule has 0 fully saturated rings. The van der Waals surface area contributed by atoms with Crippen LogP contribution in [0.3, 0.4) is 0 Å². The zero-order valence-corrected chi connectivity index (χ0v) is 31.9. The summed E-state index contributed by atoms with van der Waals surface area (Å²) in [6.07, 6.45) is 0. The topological polar surface area (TPSA) is 6.48 Å². The Morgan fingerprint density at radius 2 is 0.433 bits per heavy atom. The molecule has 0 amide bonds. The third-order valence-corrected chi connectivity index (χ3v) is 11.6. The Labute approximate surface area is 342 Å². The number of halogens is 4. The lowest BCUT2D eigenvalue weighted by atomic mass is 9.88. The smallest absolute Gasteiger partial charge is 0.159 e. The third-order valence-electron chi connectivity index (χ3n) is 11.6. The first-order chi connectivity index (χ1) is 29.4. The molecule has 0 atom stereocenters. The lowest BCUT2D eigenvalue weighted by Crippen LogP contribution is -2.09. The zero-order chi connectivity index (χ0) is 40.5. The van der Waals surface area contributed by atoms with E-state index < -0.39 is 23.3 Å². The highest BCUT2D eigenvalue weighted by atomic mass is 19.2. The molecule has 0 saturated carbocycles. The first-order valence-electron chi connectivity index (χ1n) is 19.7. The Balaban J connectivity index is 1.22. The minimum atomic E-state index is -0.956. The molecular weight excluding hydrogens is 753 g/mol. The maximum Gasteiger partial charge on any atom is 0.159 e. The maximum atomic E-state index is 15.4. The van der Waals surface area contributed by atoms with Crippen molar-refractivity contribution in [3.8, 4) is 0 Å². The summed E-state index contributed by atoms with van der Waals surface area (Å²) in [5, 5.41) is 8.21. The van der Waals surface area contributed by atoms with Crippen molar-refractivity contribution in [1.82, 2.24) is 0 Å². The highest BCUT2D eigenvalue weighted by Crippen LogP contribution is 2.46. The number of benzene rings is 11. The van der Waals surface area contributed by atoms with Gasteiger partial charge in [0, 0.05) is 34.1 Å². The SMILES string of the molecule is Fc1cc2c3cc(N(c4ccccc4)c4ccccc4)ccc3c3cc4c5cc(F)c(F)cc5c5cc(N(c6ccccc6)c6ccccc6)ccc5c4cc3c2cc1F. The molecule has 11 rings (SSSR count). The van der Waals surface area contributed by atoms with E-state index in [0.29, 0.717) is 32.3 Å². The van der Waals surface area contributed by atoms with Crippen LogP contribution in [-0.4, -0.2) is 0 Å². The van der Waals surface area contributed by atoms with Crippen LogP contribution in [0.15, 0.2) is 194 Å². The molecule has 0 aliphatic heterocycles. The van der Waals surface area contributed by atoms with Crippen molar-refractivity contribution in [2.75, 3.05) is 9.80 Å². The molecule has 0 N–H and O–H groups in total. The Morgan fingerprint density at radius 3 is 0.717 bits per heavy atom. The minimum Gasteiger partial charge on any atom is -0.310 e. The second-order valence-electron chi connectivity index (χ2n) is 15.0. The van der Waals surface area contributed by atoms with Gasteiger partial charge in [-0.3, -0.25) is 0 Å². The molecule has 0 aromatic heterocycles. The molecule has 2 nitrogen and oxygen atoms in total. The third kappa shape index (κ3) is 5.71. The molecule has 0 aliphatic rings. The van der Waals surface area contributed by atoms with E-state index in [4.69, 9.17) is 0 Å². The van der Waals surface area contributed by atoms with Crippen molar-refractivity contribution in [1.29, 1.82) is 0 Å². The second-order valence-corrected chi connectivity index (χ2v) is 15.0. The van der Waals surface area contributed by atoms with E-state index in [2.05, 4.69) is 9.80 Å². The van der Waals surface area contributed by atoms with Crippen LogP contribution in [0.5, 0.6) is 0 Å². The predicted molar refractivity (Wildman–Crippen MR) is 241 cm³/mol. The lowest BCUT2D eigenvalue weighted by Gasteiger charge is -2.26. The largest absolute Gasteiger partial charge is 0.310 e. The molecule has 0 bridgehead atoms. The van der Waals surface area contributed by atoms with Crippen molar-refractivity contribution in [2.24, 2.45) is 0 Å². The first kappa shape index (κ1) is 35.5. The average Bonchev–Trinajstić information content (AvgIpc) is 3.29. The molecule has 6 heteroatoms. The van der Waals surface area contributed by atoms with Crippen LogP contribution in [0.25, 0.3) is 64.6 Å². The summed E-state index contributed by atoms with van der Waals surface area (Å²) in [5.74, 6) is -3.80. The molecule has 0 aliphatic carbocycles. The molecular formula is C54H32F4N2. The Hall–Kier alpha value is -7.70. The van der Waals surface area contributed by atoms with Gasteiger partial charge in [0.15, 0.2) is 23.3 Å². The van der Waals surface area contributed by atoms with Crippen LogP contribution in [0.1, 0.15) is 0 Å². The molecule has 0 saturated heterocycles. The summed E-state index contributed by atoms with van der Waals surface area (Å²) >= 11 is 0. The summed E-state index contributed by atoms with van der Waals surface area (Å²) in [4.78, 5) is 4.25. The summed E-state index contributed by atoms with van der Waals surface area (Å²) in [6.45, 7) is 0. The maximum absolute atomic E-state index is 15.4. The highest BCUT2D eigenvalue weighted by molar-refractivity contribution is 6.33. The molecule has 11 aromatic carbocycles. The van der Waals surface area contributed by atoms with Gasteiger partial charge in [-0.1, -0.05) is 84.9 Å². The number of para-hydroxylation sites is 4. The van der Waals surface area contributed by atoms with Crippen molar-refractivity contribution >= 4 is 98.8 Å². The molecule has 286 valence electrons. The summed E-state index contributed by atoms with van der Waals surface area (Å²) < 4.78 is 61.6. The predicted octanol–water partition coefficient (Wildman–Crippen LogP) is 16.1. The fourth-order valence-corrected chi connectivity index (χ4v) is 8.94. The Kier molecular flexibility index (Phi) is 8.27. The lowest BCUT2D eigenvalue weighted by molar-refractivity contribution is 0.511. The van der Waals surface area contributed by atoms with E-state index in [1.54, 1.807) is 0 Å². The normalized spacial score (nSPS) is 11.7. The van der Waals surface area contributed by atoms with Crippen molar-refractivity contribution in [3.63, 3.8) is 0 Å². The van der Waals surface area contributed by atoms with Gasteiger partial charge in [0.2, 0.25) is 0 Å². The van der Waals surface area contributed by atoms with Crippen LogP contribution in [0.2, 0.25) is 0 Å². The summed E-state index contributed by atoms with van der Waals surface area (Å²) in [6, 6.07) is 61.0. The van der Waals surface area contributed by atoms with Gasteiger partial charge >= 0.3 is 0 Å². The molecule has 60 heavy (non-hydrogen) atoms. The fourth-order valence-electron chi connectivity index (χ4n) is 8.94. The van der Waals surface area contributed by atoms with Crippen LogP contribution < -0.4 is 9.80 Å². The van der Waals surface area contributed by atoms with Crippen LogP contribution in [-0.2, 0) is 0 Å². The first-order valence-corrected chi connectivity index (χ1v) is 19.7. The fraction of sp³-hybridized carbons (Fsp3) is 0. The average molecular weight is 785 g/mol. The Morgan fingerprint density at radius 1 is 0.200 bits per heavy atom. The second kappa shape index (κ2) is 14.0. The molecule has 11 aromatic rings. The van der Waals surface area contributed by atoms with Gasteiger partial charge in [-0.25, -0.2) is 17.6 Å². The number of hydrogen-bond acceptors (Lipinski definition) is 2. The van der Waals surface area contributed by atoms with Gasteiger partial charge in [-0.15, -0.1) is 0 Å². The van der Waals surface area contributed by atoms with Crippen LogP contribution in [0.4, 0.5) is 51.7 Å². The highest BCUT2D eigenvalue weighted by Gasteiger charge is 2.21. The van der Waals surface area contributed by atoms with Crippen molar-refractivity contribution in [2.45, 2.75) is 0 Å². The van der Waals surface area contributed by atoms with E-state index in [1.165, 1.54) is 24.3 Å². The summed E-state index contributed by atoms with van der Waals surface area (Å²) in [5.41, 5.74) is 5.39. The van der Waals surface area contributed by atoms with Gasteiger partial charge in [0.1, 0.15) is 0 Å². The number of nitrogens with zero attached hydrogens (tertiary/aromatic N) is 2. The minimum absolute atomic E-state index is 0.538. The number of rotatable bonds is 6. The van der Waals surface area contributed by atoms with Gasteiger partial charge in [0.25, 0.3) is 0 Å². The van der Waals surface area contributed by atoms with E-state index in [1.807, 2.05) is 170 Å². The number of fused-ring (bicyclic) bond motifs is 12. The van der Waals surface area contributed by atoms with Crippen molar-refractivity contribution < 1.29 is 17.6 Å². The van der Waals surface area contributed by atoms with Crippen molar-refractivity contribution in [3.05, 3.63) is 217 Å². The van der Waals surface area contributed by atoms with Gasteiger partial charge < -0.3 is 9.80 Å². The van der Waals surface area contributed by atoms with E-state index >= 15 is 17.6 Å². The standard InChI is InChI=1S/C54H32F4N2/c55-51-29-47-41-25-37(59(33-13-5-1-6-14-33)34-15-7-2-8-16-34)21-23-39(41)43-27-46-44(28-45(43)49(47)31-53(51)57)40-24-22-38(26-42(40)48-30-52(56)54(58)32-50(46)48)60(35-17-9-3-10-18-35)36-19-11-4-12-20-36/h1-32H. The molecule has 0 heterocycles. The molecule has 0 unspecified atom stereocenters.